The van der Waals surface area contributed by atoms with E-state index in [9.17, 15) is 5.11 Å². The molecule has 0 aliphatic heterocycles. The van der Waals surface area contributed by atoms with E-state index in [-0.39, 0.29) is 5.54 Å². The van der Waals surface area contributed by atoms with Crippen LogP contribution in [0.1, 0.15) is 32.4 Å². The lowest BCUT2D eigenvalue weighted by Gasteiger charge is -2.42. The zero-order chi connectivity index (χ0) is 15.6. The molecule has 0 bridgehead atoms. The number of aromatic nitrogens is 2. The van der Waals surface area contributed by atoms with Gasteiger partial charge in [0, 0.05) is 24.4 Å². The van der Waals surface area contributed by atoms with E-state index in [0.717, 1.165) is 29.4 Å². The molecule has 1 heterocycles. The number of aliphatic hydroxyl groups excluding tert-OH is 1. The van der Waals surface area contributed by atoms with Crippen molar-refractivity contribution in [2.75, 3.05) is 14.1 Å². The number of rotatable bonds is 6. The second kappa shape index (κ2) is 6.16. The van der Waals surface area contributed by atoms with E-state index in [1.807, 2.05) is 38.0 Å². The highest BCUT2D eigenvalue weighted by Crippen LogP contribution is 2.29. The minimum absolute atomic E-state index is 0.196. The number of para-hydroxylation sites is 1. The highest BCUT2D eigenvalue weighted by atomic mass is 16.3. The van der Waals surface area contributed by atoms with Gasteiger partial charge in [-0.1, -0.05) is 32.0 Å². The van der Waals surface area contributed by atoms with Gasteiger partial charge in [0.25, 0.3) is 0 Å². The Bertz CT molecular complexity index is 599. The molecule has 0 spiro atoms. The zero-order valence-corrected chi connectivity index (χ0v) is 13.8. The first-order valence-corrected chi connectivity index (χ1v) is 7.72. The predicted molar refractivity (Wildman–Crippen MR) is 87.4 cm³/mol. The molecule has 1 aromatic heterocycles. The first-order chi connectivity index (χ1) is 9.96. The maximum atomic E-state index is 10.9. The molecular formula is C17H27N3O. The summed E-state index contributed by atoms with van der Waals surface area (Å²) in [6.45, 7) is 4.28. The van der Waals surface area contributed by atoms with Gasteiger partial charge >= 0.3 is 0 Å². The second-order valence-corrected chi connectivity index (χ2v) is 6.01. The van der Waals surface area contributed by atoms with Gasteiger partial charge in [0.15, 0.2) is 0 Å². The summed E-state index contributed by atoms with van der Waals surface area (Å²) in [6.07, 6.45) is 1.99. The Labute approximate surface area is 127 Å². The lowest BCUT2D eigenvalue weighted by Crippen LogP contribution is -2.53. The smallest absolute Gasteiger partial charge is 0.0779 e. The summed E-state index contributed by atoms with van der Waals surface area (Å²) >= 11 is 0. The molecule has 4 nitrogen and oxygen atoms in total. The van der Waals surface area contributed by atoms with Gasteiger partial charge in [0.2, 0.25) is 0 Å². The van der Waals surface area contributed by atoms with Crippen LogP contribution < -0.4 is 0 Å². The summed E-state index contributed by atoms with van der Waals surface area (Å²) in [4.78, 5) is 2.16. The number of hydrogen-bond donors (Lipinski definition) is 1. The Hall–Kier alpha value is -1.39. The molecule has 1 N–H and O–H groups in total. The highest BCUT2D eigenvalue weighted by molar-refractivity contribution is 5.81. The van der Waals surface area contributed by atoms with E-state index in [2.05, 4.69) is 36.0 Å². The lowest BCUT2D eigenvalue weighted by molar-refractivity contribution is -0.0129. The summed E-state index contributed by atoms with van der Waals surface area (Å²) < 4.78 is 1.90. The third-order valence-electron chi connectivity index (χ3n) is 4.96. The van der Waals surface area contributed by atoms with Crippen molar-refractivity contribution in [3.63, 3.8) is 0 Å². The van der Waals surface area contributed by atoms with Crippen LogP contribution in [0.15, 0.2) is 24.3 Å². The Morgan fingerprint density at radius 3 is 2.43 bits per heavy atom. The van der Waals surface area contributed by atoms with Crippen molar-refractivity contribution >= 4 is 10.9 Å². The summed E-state index contributed by atoms with van der Waals surface area (Å²) in [5.41, 5.74) is 1.90. The normalized spacial score (nSPS) is 14.0. The molecular weight excluding hydrogens is 262 g/mol. The molecule has 0 aliphatic carbocycles. The molecule has 0 aliphatic rings. The van der Waals surface area contributed by atoms with Crippen LogP contribution in [0.4, 0.5) is 0 Å². The molecule has 1 unspecified atom stereocenters. The monoisotopic (exact) mass is 289 g/mol. The first kappa shape index (κ1) is 16.0. The van der Waals surface area contributed by atoms with Gasteiger partial charge in [0.1, 0.15) is 0 Å². The topological polar surface area (TPSA) is 41.3 Å². The van der Waals surface area contributed by atoms with E-state index in [1.54, 1.807) is 0 Å². The van der Waals surface area contributed by atoms with Crippen molar-refractivity contribution in [2.45, 2.75) is 44.8 Å². The number of nitrogens with zero attached hydrogens (tertiary/aromatic N) is 3. The molecule has 2 aromatic rings. The van der Waals surface area contributed by atoms with Gasteiger partial charge in [-0.3, -0.25) is 4.68 Å². The number of likely N-dealkylation sites (N-methyl/N-ethyl adjacent to an activating group) is 1. The summed E-state index contributed by atoms with van der Waals surface area (Å²) in [7, 11) is 6.05. The molecule has 0 saturated heterocycles. The van der Waals surface area contributed by atoms with Crippen molar-refractivity contribution in [3.8, 4) is 0 Å². The minimum atomic E-state index is -0.430. The molecule has 4 heteroatoms. The molecule has 0 fully saturated rings. The average Bonchev–Trinajstić information content (AvgIpc) is 2.78. The minimum Gasteiger partial charge on any atom is -0.391 e. The predicted octanol–water partition coefficient (Wildman–Crippen LogP) is 2.60. The van der Waals surface area contributed by atoms with Crippen molar-refractivity contribution < 1.29 is 5.11 Å². The van der Waals surface area contributed by atoms with Gasteiger partial charge < -0.3 is 10.0 Å². The number of benzene rings is 1. The fourth-order valence-corrected chi connectivity index (χ4v) is 3.46. The Kier molecular flexibility index (Phi) is 4.69. The van der Waals surface area contributed by atoms with E-state index in [4.69, 9.17) is 0 Å². The third-order valence-corrected chi connectivity index (χ3v) is 4.96. The van der Waals surface area contributed by atoms with Crippen LogP contribution in [0.2, 0.25) is 0 Å². The fraction of sp³-hybridized carbons (Fsp3) is 0.588. The van der Waals surface area contributed by atoms with Crippen LogP contribution in [0, 0.1) is 0 Å². The maximum Gasteiger partial charge on any atom is 0.0779 e. The zero-order valence-electron chi connectivity index (χ0n) is 13.8. The Morgan fingerprint density at radius 2 is 1.86 bits per heavy atom. The van der Waals surface area contributed by atoms with E-state index >= 15 is 0 Å². The largest absolute Gasteiger partial charge is 0.391 e. The number of hydrogen-bond acceptors (Lipinski definition) is 3. The van der Waals surface area contributed by atoms with Gasteiger partial charge in [-0.25, -0.2) is 0 Å². The third kappa shape index (κ3) is 2.70. The highest BCUT2D eigenvalue weighted by Gasteiger charge is 2.37. The Morgan fingerprint density at radius 1 is 1.24 bits per heavy atom. The van der Waals surface area contributed by atoms with Crippen molar-refractivity contribution in [1.82, 2.24) is 14.7 Å². The lowest BCUT2D eigenvalue weighted by atomic mass is 9.83. The second-order valence-electron chi connectivity index (χ2n) is 6.01. The molecule has 116 valence electrons. The van der Waals surface area contributed by atoms with E-state index in [0.29, 0.717) is 6.42 Å². The molecule has 2 rings (SSSR count). The fourth-order valence-electron chi connectivity index (χ4n) is 3.46. The summed E-state index contributed by atoms with van der Waals surface area (Å²) in [5, 5.41) is 16.6. The SMILES string of the molecule is CCC(CC)(C(O)Cc1nn(C)c2ccccc12)N(C)C. The first-order valence-electron chi connectivity index (χ1n) is 7.72. The van der Waals surface area contributed by atoms with Crippen LogP contribution in [0.3, 0.4) is 0 Å². The molecule has 0 radical (unpaired) electrons. The molecule has 1 atom stereocenters. The van der Waals surface area contributed by atoms with Gasteiger partial charge in [0.05, 0.1) is 17.3 Å². The van der Waals surface area contributed by atoms with E-state index in [1.165, 1.54) is 0 Å². The van der Waals surface area contributed by atoms with E-state index < -0.39 is 6.10 Å². The van der Waals surface area contributed by atoms with Crippen LogP contribution in [-0.2, 0) is 13.5 Å². The number of aliphatic hydroxyl groups is 1. The maximum absolute atomic E-state index is 10.9. The van der Waals surface area contributed by atoms with Crippen molar-refractivity contribution in [2.24, 2.45) is 7.05 Å². The number of fused-ring (bicyclic) bond motifs is 1. The standard InChI is InChI=1S/C17H27N3O/c1-6-17(7-2,19(3)4)16(21)12-14-13-10-8-9-11-15(13)20(5)18-14/h8-11,16,21H,6-7,12H2,1-5H3. The molecule has 21 heavy (non-hydrogen) atoms. The molecule has 0 saturated carbocycles. The van der Waals surface area contributed by atoms with Crippen molar-refractivity contribution in [3.05, 3.63) is 30.0 Å². The quantitative estimate of drug-likeness (QED) is 0.888. The molecule has 1 aromatic carbocycles. The van der Waals surface area contributed by atoms with Gasteiger partial charge in [-0.15, -0.1) is 0 Å². The number of aryl methyl sites for hydroxylation is 1. The Balaban J connectivity index is 2.35. The van der Waals surface area contributed by atoms with Crippen LogP contribution in [-0.4, -0.2) is 45.5 Å². The van der Waals surface area contributed by atoms with Gasteiger partial charge in [-0.2, -0.15) is 5.10 Å². The van der Waals surface area contributed by atoms with Gasteiger partial charge in [-0.05, 0) is 33.0 Å². The summed E-state index contributed by atoms with van der Waals surface area (Å²) in [6, 6.07) is 8.20. The summed E-state index contributed by atoms with van der Waals surface area (Å²) in [5.74, 6) is 0. The average molecular weight is 289 g/mol. The van der Waals surface area contributed by atoms with Crippen molar-refractivity contribution in [1.29, 1.82) is 0 Å². The van der Waals surface area contributed by atoms with Crippen LogP contribution in [0.5, 0.6) is 0 Å². The molecule has 0 amide bonds. The van der Waals surface area contributed by atoms with Crippen LogP contribution in [0.25, 0.3) is 10.9 Å². The van der Waals surface area contributed by atoms with Crippen LogP contribution >= 0.6 is 0 Å².